The van der Waals surface area contributed by atoms with E-state index in [4.69, 9.17) is 0 Å². The number of nitrogens with one attached hydrogen (secondary N) is 1. The molecule has 1 rings (SSSR count). The SMILES string of the molecule is CCCCN(C)CCNC(C)c1ccsc1. The van der Waals surface area contributed by atoms with Gasteiger partial charge in [0.05, 0.1) is 0 Å². The predicted octanol–water partition coefficient (Wildman–Crippen LogP) is 3.13. The van der Waals surface area contributed by atoms with Gasteiger partial charge >= 0.3 is 0 Å². The standard InChI is InChI=1S/C13H24N2S/c1-4-5-8-15(3)9-7-14-12(2)13-6-10-16-11-13/h6,10-12,14H,4-5,7-9H2,1-3H3. The fourth-order valence-corrected chi connectivity index (χ4v) is 2.41. The van der Waals surface area contributed by atoms with Crippen LogP contribution in [0.15, 0.2) is 16.8 Å². The minimum absolute atomic E-state index is 0.478. The summed E-state index contributed by atoms with van der Waals surface area (Å²) < 4.78 is 0. The van der Waals surface area contributed by atoms with Crippen molar-refractivity contribution in [2.75, 3.05) is 26.7 Å². The summed E-state index contributed by atoms with van der Waals surface area (Å²) >= 11 is 1.77. The third-order valence-electron chi connectivity index (χ3n) is 2.88. The van der Waals surface area contributed by atoms with Gasteiger partial charge in [0.1, 0.15) is 0 Å². The van der Waals surface area contributed by atoms with Crippen LogP contribution < -0.4 is 5.32 Å². The molecule has 0 saturated heterocycles. The molecule has 0 amide bonds. The second-order valence-corrected chi connectivity index (χ2v) is 5.17. The molecule has 1 aromatic heterocycles. The Bertz CT molecular complexity index is 259. The molecule has 0 radical (unpaired) electrons. The van der Waals surface area contributed by atoms with Gasteiger partial charge in [0.15, 0.2) is 0 Å². The normalized spacial score (nSPS) is 13.2. The summed E-state index contributed by atoms with van der Waals surface area (Å²) in [6.07, 6.45) is 2.58. The smallest absolute Gasteiger partial charge is 0.0300 e. The second kappa shape index (κ2) is 7.82. The first-order valence-corrected chi connectivity index (χ1v) is 7.12. The number of likely N-dealkylation sites (N-methyl/N-ethyl adjacent to an activating group) is 1. The molecule has 1 N–H and O–H groups in total. The number of hydrogen-bond acceptors (Lipinski definition) is 3. The number of nitrogens with zero attached hydrogens (tertiary/aromatic N) is 1. The van der Waals surface area contributed by atoms with Gasteiger partial charge in [-0.1, -0.05) is 13.3 Å². The second-order valence-electron chi connectivity index (χ2n) is 4.39. The van der Waals surface area contributed by atoms with Crippen molar-refractivity contribution in [3.63, 3.8) is 0 Å². The van der Waals surface area contributed by atoms with E-state index in [9.17, 15) is 0 Å². The Morgan fingerprint density at radius 3 is 2.88 bits per heavy atom. The van der Waals surface area contributed by atoms with Gasteiger partial charge in [0.25, 0.3) is 0 Å². The van der Waals surface area contributed by atoms with Gasteiger partial charge < -0.3 is 10.2 Å². The quantitative estimate of drug-likeness (QED) is 0.751. The largest absolute Gasteiger partial charge is 0.309 e. The molecule has 0 saturated carbocycles. The average Bonchev–Trinajstić information content (AvgIpc) is 2.79. The summed E-state index contributed by atoms with van der Waals surface area (Å²) in [6.45, 7) is 7.88. The monoisotopic (exact) mass is 240 g/mol. The van der Waals surface area contributed by atoms with Crippen molar-refractivity contribution in [3.05, 3.63) is 22.4 Å². The lowest BCUT2D eigenvalue weighted by Crippen LogP contribution is -2.31. The van der Waals surface area contributed by atoms with Crippen LogP contribution in [-0.2, 0) is 0 Å². The third-order valence-corrected chi connectivity index (χ3v) is 3.58. The topological polar surface area (TPSA) is 15.3 Å². The van der Waals surface area contributed by atoms with E-state index in [1.807, 2.05) is 0 Å². The van der Waals surface area contributed by atoms with Crippen molar-refractivity contribution in [3.8, 4) is 0 Å². The molecule has 0 fully saturated rings. The lowest BCUT2D eigenvalue weighted by molar-refractivity contribution is 0.320. The van der Waals surface area contributed by atoms with Crippen LogP contribution in [0.5, 0.6) is 0 Å². The number of hydrogen-bond donors (Lipinski definition) is 1. The van der Waals surface area contributed by atoms with Crippen LogP contribution in [0.4, 0.5) is 0 Å². The fourth-order valence-electron chi connectivity index (χ4n) is 1.65. The molecule has 1 aromatic rings. The van der Waals surface area contributed by atoms with E-state index in [0.717, 1.165) is 13.1 Å². The first-order chi connectivity index (χ1) is 7.74. The van der Waals surface area contributed by atoms with E-state index in [1.54, 1.807) is 11.3 Å². The molecule has 1 unspecified atom stereocenters. The van der Waals surface area contributed by atoms with E-state index in [2.05, 4.69) is 47.9 Å². The van der Waals surface area contributed by atoms with E-state index in [0.29, 0.717) is 6.04 Å². The summed E-state index contributed by atoms with van der Waals surface area (Å²) in [5.74, 6) is 0. The summed E-state index contributed by atoms with van der Waals surface area (Å²) in [5.41, 5.74) is 1.40. The van der Waals surface area contributed by atoms with Crippen LogP contribution in [0, 0.1) is 0 Å². The van der Waals surface area contributed by atoms with Gasteiger partial charge in [0, 0.05) is 19.1 Å². The lowest BCUT2D eigenvalue weighted by Gasteiger charge is -2.18. The number of thiophene rings is 1. The summed E-state index contributed by atoms with van der Waals surface area (Å²) in [7, 11) is 2.20. The molecular weight excluding hydrogens is 216 g/mol. The fraction of sp³-hybridized carbons (Fsp3) is 0.692. The molecule has 2 nitrogen and oxygen atoms in total. The van der Waals surface area contributed by atoms with Crippen LogP contribution in [0.3, 0.4) is 0 Å². The zero-order valence-corrected chi connectivity index (χ0v) is 11.5. The van der Waals surface area contributed by atoms with Crippen LogP contribution in [0.1, 0.15) is 38.3 Å². The molecule has 1 atom stereocenters. The maximum atomic E-state index is 3.56. The molecule has 0 aliphatic carbocycles. The Morgan fingerprint density at radius 1 is 1.44 bits per heavy atom. The highest BCUT2D eigenvalue weighted by molar-refractivity contribution is 7.07. The van der Waals surface area contributed by atoms with Crippen LogP contribution >= 0.6 is 11.3 Å². The third kappa shape index (κ3) is 5.10. The van der Waals surface area contributed by atoms with Crippen molar-refractivity contribution >= 4 is 11.3 Å². The highest BCUT2D eigenvalue weighted by Crippen LogP contribution is 2.14. The van der Waals surface area contributed by atoms with Crippen molar-refractivity contribution in [1.29, 1.82) is 0 Å². The maximum Gasteiger partial charge on any atom is 0.0300 e. The average molecular weight is 240 g/mol. The molecule has 1 heterocycles. The summed E-state index contributed by atoms with van der Waals surface area (Å²) in [4.78, 5) is 2.40. The van der Waals surface area contributed by atoms with Crippen LogP contribution in [0.25, 0.3) is 0 Å². The van der Waals surface area contributed by atoms with Gasteiger partial charge in [0.2, 0.25) is 0 Å². The van der Waals surface area contributed by atoms with E-state index < -0.39 is 0 Å². The number of rotatable bonds is 8. The van der Waals surface area contributed by atoms with Crippen LogP contribution in [0.2, 0.25) is 0 Å². The highest BCUT2D eigenvalue weighted by atomic mass is 32.1. The van der Waals surface area contributed by atoms with Crippen molar-refractivity contribution in [1.82, 2.24) is 10.2 Å². The lowest BCUT2D eigenvalue weighted by atomic mass is 10.2. The Labute approximate surface area is 104 Å². The van der Waals surface area contributed by atoms with Crippen LogP contribution in [-0.4, -0.2) is 31.6 Å². The van der Waals surface area contributed by atoms with E-state index in [1.165, 1.54) is 24.9 Å². The van der Waals surface area contributed by atoms with Gasteiger partial charge in [-0.25, -0.2) is 0 Å². The molecular formula is C13H24N2S. The zero-order chi connectivity index (χ0) is 11.8. The summed E-state index contributed by atoms with van der Waals surface area (Å²) in [6, 6.07) is 2.68. The highest BCUT2D eigenvalue weighted by Gasteiger charge is 2.04. The maximum absolute atomic E-state index is 3.56. The van der Waals surface area contributed by atoms with E-state index in [-0.39, 0.29) is 0 Å². The summed E-state index contributed by atoms with van der Waals surface area (Å²) in [5, 5.41) is 7.92. The molecule has 3 heteroatoms. The van der Waals surface area contributed by atoms with Gasteiger partial charge in [-0.15, -0.1) is 0 Å². The Hall–Kier alpha value is -0.380. The van der Waals surface area contributed by atoms with Gasteiger partial charge in [-0.3, -0.25) is 0 Å². The first-order valence-electron chi connectivity index (χ1n) is 6.18. The van der Waals surface area contributed by atoms with Gasteiger partial charge in [-0.2, -0.15) is 11.3 Å². The number of unbranched alkanes of at least 4 members (excludes halogenated alkanes) is 1. The molecule has 16 heavy (non-hydrogen) atoms. The predicted molar refractivity (Wildman–Crippen MR) is 73.1 cm³/mol. The van der Waals surface area contributed by atoms with Crippen molar-refractivity contribution in [2.45, 2.75) is 32.7 Å². The molecule has 0 aliphatic heterocycles. The molecule has 92 valence electrons. The minimum atomic E-state index is 0.478. The minimum Gasteiger partial charge on any atom is -0.309 e. The van der Waals surface area contributed by atoms with Gasteiger partial charge in [-0.05, 0) is 49.3 Å². The van der Waals surface area contributed by atoms with Crippen molar-refractivity contribution < 1.29 is 0 Å². The molecule has 0 aliphatic rings. The first kappa shape index (κ1) is 13.7. The molecule has 0 aromatic carbocycles. The Balaban J connectivity index is 2.11. The Morgan fingerprint density at radius 2 is 2.25 bits per heavy atom. The van der Waals surface area contributed by atoms with Crippen molar-refractivity contribution in [2.24, 2.45) is 0 Å². The molecule has 0 bridgehead atoms. The zero-order valence-electron chi connectivity index (χ0n) is 10.7. The Kier molecular flexibility index (Phi) is 6.69. The van der Waals surface area contributed by atoms with E-state index >= 15 is 0 Å². The molecule has 0 spiro atoms.